The Bertz CT molecular complexity index is 1210. The number of hydrogen-bond acceptors (Lipinski definition) is 6. The maximum Gasteiger partial charge on any atom is 0.274 e. The number of benzene rings is 2. The monoisotopic (exact) mass is 490 g/mol. The van der Waals surface area contributed by atoms with Crippen LogP contribution in [0, 0.1) is 16.0 Å². The van der Waals surface area contributed by atoms with Crippen molar-refractivity contribution in [2.45, 2.75) is 31.3 Å². The number of fused-ring (bicyclic) bond motifs is 1. The number of hydrogen-bond donors (Lipinski definition) is 1. The number of carbonyl (C=O) groups is 1. The highest BCUT2D eigenvalue weighted by Gasteiger charge is 2.19. The number of primary amides is 1. The molecule has 3 aromatic rings. The van der Waals surface area contributed by atoms with Crippen LogP contribution in [0.4, 0.5) is 5.69 Å². The molecule has 8 nitrogen and oxygen atoms in total. The van der Waals surface area contributed by atoms with E-state index in [4.69, 9.17) is 5.73 Å². The molecule has 1 amide bonds. The van der Waals surface area contributed by atoms with E-state index in [0.717, 1.165) is 4.47 Å². The van der Waals surface area contributed by atoms with E-state index in [1.54, 1.807) is 16.7 Å². The van der Waals surface area contributed by atoms with Crippen molar-refractivity contribution in [2.75, 3.05) is 0 Å². The van der Waals surface area contributed by atoms with Gasteiger partial charge >= 0.3 is 0 Å². The van der Waals surface area contributed by atoms with Gasteiger partial charge in [0.05, 0.1) is 15.8 Å². The van der Waals surface area contributed by atoms with E-state index >= 15 is 0 Å². The Morgan fingerprint density at radius 3 is 2.67 bits per heavy atom. The number of nitro benzene ring substituents is 1. The lowest BCUT2D eigenvalue weighted by Crippen LogP contribution is -2.25. The van der Waals surface area contributed by atoms with Gasteiger partial charge in [-0.2, -0.15) is 0 Å². The summed E-state index contributed by atoms with van der Waals surface area (Å²) < 4.78 is 2.39. The maximum atomic E-state index is 13.1. The molecular weight excluding hydrogens is 472 g/mol. The molecule has 10 heteroatoms. The summed E-state index contributed by atoms with van der Waals surface area (Å²) in [6, 6.07) is 9.44. The third kappa shape index (κ3) is 4.71. The number of nitro groups is 1. The highest BCUT2D eigenvalue weighted by molar-refractivity contribution is 9.10. The topological polar surface area (TPSA) is 121 Å². The van der Waals surface area contributed by atoms with Crippen LogP contribution in [0.25, 0.3) is 10.9 Å². The second-order valence-corrected chi connectivity index (χ2v) is 8.98. The molecule has 0 spiro atoms. The second kappa shape index (κ2) is 8.97. The van der Waals surface area contributed by atoms with Crippen molar-refractivity contribution in [1.29, 1.82) is 0 Å². The van der Waals surface area contributed by atoms with Gasteiger partial charge in [0.15, 0.2) is 5.16 Å². The Kier molecular flexibility index (Phi) is 6.57. The van der Waals surface area contributed by atoms with Gasteiger partial charge in [-0.3, -0.25) is 24.3 Å². The first-order valence-electron chi connectivity index (χ1n) is 9.07. The fraction of sp³-hybridized carbons (Fsp3) is 0.250. The minimum Gasteiger partial charge on any atom is -0.366 e. The molecule has 0 fully saturated rings. The molecule has 0 aliphatic rings. The molecular formula is C20H19BrN4O4S. The third-order valence-electron chi connectivity index (χ3n) is 4.35. The van der Waals surface area contributed by atoms with E-state index in [9.17, 15) is 19.7 Å². The fourth-order valence-corrected chi connectivity index (χ4v) is 4.33. The lowest BCUT2D eigenvalue weighted by molar-refractivity contribution is -0.385. The number of thioether (sulfide) groups is 1. The van der Waals surface area contributed by atoms with Gasteiger partial charge < -0.3 is 5.73 Å². The molecule has 30 heavy (non-hydrogen) atoms. The Hall–Kier alpha value is -2.72. The van der Waals surface area contributed by atoms with Crippen molar-refractivity contribution in [3.05, 3.63) is 72.5 Å². The van der Waals surface area contributed by atoms with Gasteiger partial charge in [0.25, 0.3) is 11.2 Å². The zero-order valence-electron chi connectivity index (χ0n) is 16.3. The van der Waals surface area contributed by atoms with Gasteiger partial charge in [0.2, 0.25) is 5.91 Å². The molecule has 0 unspecified atom stereocenters. The normalized spacial score (nSPS) is 11.2. The van der Waals surface area contributed by atoms with Gasteiger partial charge in [0, 0.05) is 34.0 Å². The van der Waals surface area contributed by atoms with E-state index in [2.05, 4.69) is 20.9 Å². The number of halogens is 1. The van der Waals surface area contributed by atoms with Crippen LogP contribution in [0.5, 0.6) is 0 Å². The third-order valence-corrected chi connectivity index (χ3v) is 5.87. The van der Waals surface area contributed by atoms with Gasteiger partial charge in [-0.25, -0.2) is 4.98 Å². The SMILES string of the molecule is CC(C)Cn1c(SCc2ccc(C(N)=O)cc2[N+](=O)[O-])nc2ccc(Br)cc2c1=O. The quantitative estimate of drug-likeness (QED) is 0.230. The van der Waals surface area contributed by atoms with Crippen LogP contribution in [0.2, 0.25) is 0 Å². The summed E-state index contributed by atoms with van der Waals surface area (Å²) in [5.41, 5.74) is 5.92. The summed E-state index contributed by atoms with van der Waals surface area (Å²) in [7, 11) is 0. The Morgan fingerprint density at radius 1 is 1.30 bits per heavy atom. The molecule has 2 aromatic carbocycles. The Labute approximate surface area is 184 Å². The predicted molar refractivity (Wildman–Crippen MR) is 120 cm³/mol. The second-order valence-electron chi connectivity index (χ2n) is 7.12. The highest BCUT2D eigenvalue weighted by atomic mass is 79.9. The van der Waals surface area contributed by atoms with Gasteiger partial charge in [-0.15, -0.1) is 0 Å². The van der Waals surface area contributed by atoms with Crippen molar-refractivity contribution in [3.63, 3.8) is 0 Å². The minimum absolute atomic E-state index is 0.0709. The molecule has 2 N–H and O–H groups in total. The van der Waals surface area contributed by atoms with E-state index in [-0.39, 0.29) is 28.5 Å². The van der Waals surface area contributed by atoms with E-state index in [1.807, 2.05) is 19.9 Å². The molecule has 1 aromatic heterocycles. The van der Waals surface area contributed by atoms with E-state index in [1.165, 1.54) is 30.0 Å². The Balaban J connectivity index is 2.03. The molecule has 0 bridgehead atoms. The molecule has 0 radical (unpaired) electrons. The number of amides is 1. The summed E-state index contributed by atoms with van der Waals surface area (Å²) in [5, 5.41) is 12.4. The standard InChI is InChI=1S/C20H19BrN4O4S/c1-11(2)9-24-19(27)15-8-14(21)5-6-16(15)23-20(24)30-10-13-4-3-12(18(22)26)7-17(13)25(28)29/h3-8,11H,9-10H2,1-2H3,(H2,22,26). The van der Waals surface area contributed by atoms with E-state index in [0.29, 0.717) is 28.2 Å². The summed E-state index contributed by atoms with van der Waals surface area (Å²) >= 11 is 4.62. The zero-order valence-corrected chi connectivity index (χ0v) is 18.7. The molecule has 0 saturated carbocycles. The van der Waals surface area contributed by atoms with Gasteiger partial charge in [-0.05, 0) is 30.2 Å². The molecule has 0 aliphatic carbocycles. The van der Waals surface area contributed by atoms with Gasteiger partial charge in [-0.1, -0.05) is 47.6 Å². The van der Waals surface area contributed by atoms with Crippen LogP contribution >= 0.6 is 27.7 Å². The smallest absolute Gasteiger partial charge is 0.274 e. The van der Waals surface area contributed by atoms with Crippen molar-refractivity contribution in [1.82, 2.24) is 9.55 Å². The first-order chi connectivity index (χ1) is 14.2. The number of aromatic nitrogens is 2. The number of carbonyl (C=O) groups excluding carboxylic acids is 1. The van der Waals surface area contributed by atoms with Gasteiger partial charge in [0.1, 0.15) is 0 Å². The molecule has 1 heterocycles. The average Bonchev–Trinajstić information content (AvgIpc) is 2.68. The Morgan fingerprint density at radius 2 is 2.03 bits per heavy atom. The van der Waals surface area contributed by atoms with Crippen molar-refractivity contribution in [3.8, 4) is 0 Å². The highest BCUT2D eigenvalue weighted by Crippen LogP contribution is 2.29. The lowest BCUT2D eigenvalue weighted by Gasteiger charge is -2.15. The summed E-state index contributed by atoms with van der Waals surface area (Å²) in [6.45, 7) is 4.47. The van der Waals surface area contributed by atoms with Crippen molar-refractivity contribution < 1.29 is 9.72 Å². The van der Waals surface area contributed by atoms with Crippen LogP contribution in [0.1, 0.15) is 29.8 Å². The first-order valence-corrected chi connectivity index (χ1v) is 10.8. The zero-order chi connectivity index (χ0) is 22.0. The van der Waals surface area contributed by atoms with Crippen LogP contribution in [-0.4, -0.2) is 20.4 Å². The molecule has 3 rings (SSSR count). The van der Waals surface area contributed by atoms with Crippen LogP contribution in [0.15, 0.2) is 50.8 Å². The molecule has 0 atom stereocenters. The van der Waals surface area contributed by atoms with Crippen molar-refractivity contribution >= 4 is 50.2 Å². The summed E-state index contributed by atoms with van der Waals surface area (Å²) in [6.07, 6.45) is 0. The van der Waals surface area contributed by atoms with Crippen LogP contribution in [0.3, 0.4) is 0 Å². The van der Waals surface area contributed by atoms with Crippen LogP contribution in [-0.2, 0) is 12.3 Å². The summed E-state index contributed by atoms with van der Waals surface area (Å²) in [5.74, 6) is -0.315. The minimum atomic E-state index is -0.731. The fourth-order valence-electron chi connectivity index (χ4n) is 2.96. The van der Waals surface area contributed by atoms with E-state index < -0.39 is 10.8 Å². The average molecular weight is 491 g/mol. The molecule has 0 aliphatic heterocycles. The number of nitrogens with two attached hydrogens (primary N) is 1. The summed E-state index contributed by atoms with van der Waals surface area (Å²) in [4.78, 5) is 39.9. The van der Waals surface area contributed by atoms with Crippen molar-refractivity contribution in [2.24, 2.45) is 11.7 Å². The predicted octanol–water partition coefficient (Wildman–Crippen LogP) is 4.11. The van der Waals surface area contributed by atoms with Crippen LogP contribution < -0.4 is 11.3 Å². The first kappa shape index (κ1) is 22.0. The molecule has 0 saturated heterocycles. The number of rotatable bonds is 7. The maximum absolute atomic E-state index is 13.1. The lowest BCUT2D eigenvalue weighted by atomic mass is 10.1. The molecule has 156 valence electrons. The largest absolute Gasteiger partial charge is 0.366 e. The number of nitrogens with zero attached hydrogens (tertiary/aromatic N) is 3.